The first kappa shape index (κ1) is 13.2. The van der Waals surface area contributed by atoms with Crippen molar-refractivity contribution in [3.05, 3.63) is 27.7 Å². The summed E-state index contributed by atoms with van der Waals surface area (Å²) in [6.45, 7) is 6.47. The van der Waals surface area contributed by atoms with Crippen molar-refractivity contribution in [3.8, 4) is 0 Å². The van der Waals surface area contributed by atoms with Gasteiger partial charge in [-0.3, -0.25) is 0 Å². The molecule has 94 valence electrons. The summed E-state index contributed by atoms with van der Waals surface area (Å²) in [6, 6.07) is 7.09. The predicted molar refractivity (Wildman–Crippen MR) is 78.0 cm³/mol. The van der Waals surface area contributed by atoms with E-state index in [2.05, 4.69) is 46.1 Å². The van der Waals surface area contributed by atoms with Gasteiger partial charge in [0.1, 0.15) is 0 Å². The Hall–Kier alpha value is -0.250. The molecule has 4 heteroatoms. The third-order valence-corrected chi connectivity index (χ3v) is 4.11. The summed E-state index contributed by atoms with van der Waals surface area (Å²) in [6.07, 6.45) is 1.13. The van der Waals surface area contributed by atoms with Gasteiger partial charge in [0, 0.05) is 29.6 Å². The second kappa shape index (κ2) is 5.59. The van der Waals surface area contributed by atoms with Crippen molar-refractivity contribution in [2.75, 3.05) is 18.0 Å². The maximum absolute atomic E-state index is 6.32. The molecule has 17 heavy (non-hydrogen) atoms. The van der Waals surface area contributed by atoms with Crippen LogP contribution in [0, 0.1) is 0 Å². The molecule has 0 radical (unpaired) electrons. The Kier molecular flexibility index (Phi) is 4.34. The molecule has 2 rings (SSSR count). The first-order valence-corrected chi connectivity index (χ1v) is 7.24. The zero-order chi connectivity index (χ0) is 12.4. The summed E-state index contributed by atoms with van der Waals surface area (Å²) in [5.41, 5.74) is 1.14. The van der Waals surface area contributed by atoms with Crippen LogP contribution in [-0.2, 0) is 0 Å². The molecule has 2 unspecified atom stereocenters. The van der Waals surface area contributed by atoms with Crippen LogP contribution in [0.1, 0.15) is 20.3 Å². The smallest absolute Gasteiger partial charge is 0.0640 e. The van der Waals surface area contributed by atoms with Crippen LogP contribution in [0.25, 0.3) is 0 Å². The first-order chi connectivity index (χ1) is 8.11. The zero-order valence-electron chi connectivity index (χ0n) is 10.2. The average Bonchev–Trinajstić information content (AvgIpc) is 2.32. The highest BCUT2D eigenvalue weighted by molar-refractivity contribution is 9.10. The molecule has 0 saturated carbocycles. The maximum Gasteiger partial charge on any atom is 0.0640 e. The average molecular weight is 318 g/mol. The highest BCUT2D eigenvalue weighted by atomic mass is 79.9. The largest absolute Gasteiger partial charge is 0.364 e. The number of nitrogens with one attached hydrogen (secondary N) is 1. The van der Waals surface area contributed by atoms with Crippen molar-refractivity contribution in [2.24, 2.45) is 0 Å². The van der Waals surface area contributed by atoms with Gasteiger partial charge in [0.25, 0.3) is 0 Å². The number of hydrogen-bond donors (Lipinski definition) is 1. The Morgan fingerprint density at radius 2 is 2.29 bits per heavy atom. The van der Waals surface area contributed by atoms with Crippen molar-refractivity contribution >= 4 is 33.2 Å². The number of rotatable bonds is 2. The van der Waals surface area contributed by atoms with Crippen LogP contribution < -0.4 is 10.2 Å². The minimum atomic E-state index is 0.507. The van der Waals surface area contributed by atoms with Crippen LogP contribution in [-0.4, -0.2) is 25.2 Å². The molecule has 0 aliphatic carbocycles. The Balaban J connectivity index is 2.31. The lowest BCUT2D eigenvalue weighted by Gasteiger charge is -2.41. The molecular formula is C13H18BrClN2. The van der Waals surface area contributed by atoms with Gasteiger partial charge in [0.2, 0.25) is 0 Å². The van der Waals surface area contributed by atoms with E-state index >= 15 is 0 Å². The molecular weight excluding hydrogens is 300 g/mol. The van der Waals surface area contributed by atoms with E-state index in [4.69, 9.17) is 11.6 Å². The Bertz CT molecular complexity index is 397. The van der Waals surface area contributed by atoms with E-state index in [0.29, 0.717) is 12.1 Å². The number of hydrogen-bond acceptors (Lipinski definition) is 2. The molecule has 1 fully saturated rings. The lowest BCUT2D eigenvalue weighted by molar-refractivity contribution is 0.402. The van der Waals surface area contributed by atoms with E-state index in [9.17, 15) is 0 Å². The number of anilines is 1. The van der Waals surface area contributed by atoms with Crippen molar-refractivity contribution in [1.29, 1.82) is 0 Å². The fourth-order valence-corrected chi connectivity index (χ4v) is 2.90. The van der Waals surface area contributed by atoms with Crippen LogP contribution in [0.5, 0.6) is 0 Å². The lowest BCUT2D eigenvalue weighted by Crippen LogP contribution is -2.55. The normalized spacial score (nSPS) is 25.1. The summed E-state index contributed by atoms with van der Waals surface area (Å²) >= 11 is 9.84. The van der Waals surface area contributed by atoms with E-state index < -0.39 is 0 Å². The minimum absolute atomic E-state index is 0.507. The zero-order valence-corrected chi connectivity index (χ0v) is 12.6. The molecule has 1 aliphatic rings. The standard InChI is InChI=1S/C13H18BrClN2/c1-3-11-7-16-9(2)8-17(11)13-6-10(14)4-5-12(13)15/h4-6,9,11,16H,3,7-8H2,1-2H3. The second-order valence-corrected chi connectivity index (χ2v) is 5.94. The summed E-state index contributed by atoms with van der Waals surface area (Å²) in [5, 5.41) is 4.35. The molecule has 1 saturated heterocycles. The minimum Gasteiger partial charge on any atom is -0.364 e. The van der Waals surface area contributed by atoms with Crippen molar-refractivity contribution in [1.82, 2.24) is 5.32 Å². The first-order valence-electron chi connectivity index (χ1n) is 6.07. The van der Waals surface area contributed by atoms with E-state index in [1.165, 1.54) is 0 Å². The molecule has 1 N–H and O–H groups in total. The topological polar surface area (TPSA) is 15.3 Å². The fraction of sp³-hybridized carbons (Fsp3) is 0.538. The van der Waals surface area contributed by atoms with Crippen molar-refractivity contribution in [2.45, 2.75) is 32.4 Å². The SMILES string of the molecule is CCC1CNC(C)CN1c1cc(Br)ccc1Cl. The molecule has 0 aromatic heterocycles. The molecule has 0 spiro atoms. The van der Waals surface area contributed by atoms with Crippen LogP contribution in [0.2, 0.25) is 5.02 Å². The van der Waals surface area contributed by atoms with Gasteiger partial charge >= 0.3 is 0 Å². The van der Waals surface area contributed by atoms with Gasteiger partial charge in [-0.05, 0) is 31.5 Å². The summed E-state index contributed by atoms with van der Waals surface area (Å²) < 4.78 is 1.08. The van der Waals surface area contributed by atoms with E-state index in [-0.39, 0.29) is 0 Å². The fourth-order valence-electron chi connectivity index (χ4n) is 2.32. The second-order valence-electron chi connectivity index (χ2n) is 4.62. The molecule has 1 aromatic carbocycles. The number of nitrogens with zero attached hydrogens (tertiary/aromatic N) is 1. The molecule has 0 amide bonds. The molecule has 2 nitrogen and oxygen atoms in total. The van der Waals surface area contributed by atoms with Gasteiger partial charge in [-0.2, -0.15) is 0 Å². The number of halogens is 2. The molecule has 0 bridgehead atoms. The number of piperazine rings is 1. The quantitative estimate of drug-likeness (QED) is 0.895. The van der Waals surface area contributed by atoms with E-state index in [1.54, 1.807) is 0 Å². The predicted octanol–water partition coefficient (Wildman–Crippen LogP) is 3.68. The van der Waals surface area contributed by atoms with E-state index in [0.717, 1.165) is 34.7 Å². The third kappa shape index (κ3) is 2.95. The van der Waals surface area contributed by atoms with Crippen LogP contribution in [0.3, 0.4) is 0 Å². The summed E-state index contributed by atoms with van der Waals surface area (Å²) in [7, 11) is 0. The Labute approximate surface area is 116 Å². The highest BCUT2D eigenvalue weighted by Gasteiger charge is 2.26. The monoisotopic (exact) mass is 316 g/mol. The highest BCUT2D eigenvalue weighted by Crippen LogP contribution is 2.32. The summed E-state index contributed by atoms with van der Waals surface area (Å²) in [4.78, 5) is 2.42. The van der Waals surface area contributed by atoms with Crippen LogP contribution in [0.15, 0.2) is 22.7 Å². The molecule has 2 atom stereocenters. The molecule has 1 heterocycles. The van der Waals surface area contributed by atoms with Gasteiger partial charge in [0.15, 0.2) is 0 Å². The van der Waals surface area contributed by atoms with Crippen LogP contribution in [0.4, 0.5) is 5.69 Å². The van der Waals surface area contributed by atoms with E-state index in [1.807, 2.05) is 12.1 Å². The van der Waals surface area contributed by atoms with Gasteiger partial charge in [-0.15, -0.1) is 0 Å². The van der Waals surface area contributed by atoms with Gasteiger partial charge in [-0.1, -0.05) is 34.5 Å². The van der Waals surface area contributed by atoms with Crippen molar-refractivity contribution < 1.29 is 0 Å². The van der Waals surface area contributed by atoms with Gasteiger partial charge in [0.05, 0.1) is 10.7 Å². The van der Waals surface area contributed by atoms with Crippen LogP contribution >= 0.6 is 27.5 Å². The Morgan fingerprint density at radius 1 is 1.53 bits per heavy atom. The lowest BCUT2D eigenvalue weighted by atomic mass is 10.1. The van der Waals surface area contributed by atoms with Gasteiger partial charge < -0.3 is 10.2 Å². The third-order valence-electron chi connectivity index (χ3n) is 3.30. The maximum atomic E-state index is 6.32. The Morgan fingerprint density at radius 3 is 3.00 bits per heavy atom. The van der Waals surface area contributed by atoms with Crippen molar-refractivity contribution in [3.63, 3.8) is 0 Å². The van der Waals surface area contributed by atoms with Gasteiger partial charge in [-0.25, -0.2) is 0 Å². The summed E-state index contributed by atoms with van der Waals surface area (Å²) in [5.74, 6) is 0. The number of benzene rings is 1. The molecule has 1 aliphatic heterocycles. The molecule has 1 aromatic rings.